The molecule has 4 aromatic rings. The number of piperazine rings is 2. The van der Waals surface area contributed by atoms with Gasteiger partial charge in [0.25, 0.3) is 0 Å². The molecule has 1 atom stereocenters. The van der Waals surface area contributed by atoms with Gasteiger partial charge >= 0.3 is 6.61 Å². The molecule has 11 nitrogen and oxygen atoms in total. The molecule has 6 rings (SSSR count). The summed E-state index contributed by atoms with van der Waals surface area (Å²) in [6, 6.07) is 31.8. The van der Waals surface area contributed by atoms with Gasteiger partial charge in [-0.1, -0.05) is 87.5 Å². The molecule has 354 valence electrons. The molecule has 0 saturated carbocycles. The molecule has 0 N–H and O–H groups in total. The molecule has 2 fully saturated rings. The van der Waals surface area contributed by atoms with Gasteiger partial charge in [0.05, 0.1) is 6.61 Å². The summed E-state index contributed by atoms with van der Waals surface area (Å²) >= 11 is 0. The summed E-state index contributed by atoms with van der Waals surface area (Å²) in [4.78, 5) is 53.5. The van der Waals surface area contributed by atoms with Crippen molar-refractivity contribution in [3.05, 3.63) is 131 Å². The Kier molecular flexibility index (Phi) is 17.2. The lowest BCUT2D eigenvalue weighted by molar-refractivity contribution is -0.145. The van der Waals surface area contributed by atoms with Crippen molar-refractivity contribution < 1.29 is 32.3 Å². The van der Waals surface area contributed by atoms with E-state index in [2.05, 4.69) is 84.6 Å². The van der Waals surface area contributed by atoms with Crippen LogP contribution in [0.15, 0.2) is 109 Å². The Labute approximate surface area is 391 Å². The highest BCUT2D eigenvalue weighted by Crippen LogP contribution is 2.36. The average Bonchev–Trinajstić information content (AvgIpc) is 3.30. The highest BCUT2D eigenvalue weighted by Gasteiger charge is 2.37. The Hall–Kier alpha value is -5.57. The predicted octanol–water partition coefficient (Wildman–Crippen LogP) is 8.41. The molecular weight excluding hydrogens is 855 g/mol. The predicted molar refractivity (Wildman–Crippen MR) is 262 cm³/mol. The van der Waals surface area contributed by atoms with E-state index in [0.29, 0.717) is 57.9 Å². The monoisotopic (exact) mass is 922 g/mol. The average molecular weight is 923 g/mol. The third kappa shape index (κ3) is 14.0. The van der Waals surface area contributed by atoms with Crippen LogP contribution in [0.2, 0.25) is 18.1 Å². The van der Waals surface area contributed by atoms with E-state index in [4.69, 9.17) is 4.43 Å². The van der Waals surface area contributed by atoms with Gasteiger partial charge in [-0.15, -0.1) is 0 Å². The maximum atomic E-state index is 14.9. The highest BCUT2D eigenvalue weighted by molar-refractivity contribution is 6.74. The molecule has 2 aliphatic rings. The second-order valence-electron chi connectivity index (χ2n) is 18.9. The summed E-state index contributed by atoms with van der Waals surface area (Å²) in [5.41, 5.74) is 5.79. The number of carbonyl (C=O) groups is 3. The van der Waals surface area contributed by atoms with E-state index in [1.54, 1.807) is 30.0 Å². The van der Waals surface area contributed by atoms with Crippen molar-refractivity contribution in [1.82, 2.24) is 19.6 Å². The van der Waals surface area contributed by atoms with Gasteiger partial charge in [0.2, 0.25) is 17.7 Å². The van der Waals surface area contributed by atoms with Crippen molar-refractivity contribution in [3.8, 4) is 5.75 Å². The Balaban J connectivity index is 1.16. The maximum absolute atomic E-state index is 14.9. The van der Waals surface area contributed by atoms with Crippen LogP contribution in [0, 0.1) is 0 Å². The first-order valence-electron chi connectivity index (χ1n) is 23.1. The minimum atomic E-state index is -2.94. The van der Waals surface area contributed by atoms with E-state index in [0.717, 1.165) is 48.7 Å². The van der Waals surface area contributed by atoms with E-state index >= 15 is 0 Å². The zero-order valence-electron chi connectivity index (χ0n) is 39.8. The summed E-state index contributed by atoms with van der Waals surface area (Å²) in [6.45, 7) is 17.6. The fourth-order valence-corrected chi connectivity index (χ4v) is 9.09. The minimum Gasteiger partial charge on any atom is -0.435 e. The van der Waals surface area contributed by atoms with Crippen LogP contribution in [0.4, 0.5) is 20.2 Å². The van der Waals surface area contributed by atoms with Gasteiger partial charge in [-0.25, -0.2) is 0 Å². The number of hydrogen-bond acceptors (Lipinski definition) is 8. The van der Waals surface area contributed by atoms with Gasteiger partial charge in [0.15, 0.2) is 8.32 Å². The topological polar surface area (TPSA) is 89.1 Å². The molecule has 2 aliphatic heterocycles. The quantitative estimate of drug-likeness (QED) is 0.0727. The largest absolute Gasteiger partial charge is 0.435 e. The molecule has 0 aliphatic carbocycles. The van der Waals surface area contributed by atoms with Crippen molar-refractivity contribution in [2.24, 2.45) is 0 Å². The molecule has 2 heterocycles. The third-order valence-electron chi connectivity index (χ3n) is 13.3. The van der Waals surface area contributed by atoms with Crippen molar-refractivity contribution in [1.29, 1.82) is 0 Å². The minimum absolute atomic E-state index is 0.0211. The van der Waals surface area contributed by atoms with Gasteiger partial charge in [0, 0.05) is 110 Å². The van der Waals surface area contributed by atoms with Crippen molar-refractivity contribution in [2.45, 2.75) is 78.0 Å². The van der Waals surface area contributed by atoms with Crippen LogP contribution in [0.5, 0.6) is 5.75 Å². The lowest BCUT2D eigenvalue weighted by Crippen LogP contribution is -2.56. The van der Waals surface area contributed by atoms with Crippen LogP contribution in [0.1, 0.15) is 49.9 Å². The number of rotatable bonds is 18. The number of anilines is 2. The number of hydrogen-bond donors (Lipinski definition) is 0. The fourth-order valence-electron chi connectivity index (χ4n) is 8.06. The van der Waals surface area contributed by atoms with Crippen LogP contribution >= 0.6 is 0 Å². The van der Waals surface area contributed by atoms with Crippen LogP contribution in [-0.4, -0.2) is 131 Å². The maximum Gasteiger partial charge on any atom is 0.387 e. The summed E-state index contributed by atoms with van der Waals surface area (Å²) in [5, 5.41) is 0.175. The second kappa shape index (κ2) is 22.8. The van der Waals surface area contributed by atoms with Gasteiger partial charge in [-0.2, -0.15) is 8.78 Å². The van der Waals surface area contributed by atoms with Gasteiger partial charge in [-0.3, -0.25) is 19.3 Å². The number of amides is 3. The molecular formula is C52H68F2N6O5Si. The molecule has 0 spiro atoms. The van der Waals surface area contributed by atoms with E-state index in [-0.39, 0.29) is 35.1 Å². The lowest BCUT2D eigenvalue weighted by Gasteiger charge is -2.39. The third-order valence-corrected chi connectivity index (χ3v) is 17.8. The summed E-state index contributed by atoms with van der Waals surface area (Å²) in [5.74, 6) is -0.365. The summed E-state index contributed by atoms with van der Waals surface area (Å²) in [7, 11) is 0.293. The number of alkyl halides is 2. The molecule has 4 aromatic carbocycles. The first-order valence-corrected chi connectivity index (χ1v) is 26.0. The Morgan fingerprint density at radius 3 is 1.95 bits per heavy atom. The number of likely N-dealkylation sites (N-methyl/N-ethyl adjacent to an activating group) is 1. The van der Waals surface area contributed by atoms with Gasteiger partial charge < -0.3 is 33.7 Å². The Morgan fingerprint density at radius 1 is 0.758 bits per heavy atom. The lowest BCUT2D eigenvalue weighted by atomic mass is 10.0. The van der Waals surface area contributed by atoms with E-state index in [1.807, 2.05) is 64.4 Å². The first kappa shape index (κ1) is 49.9. The van der Waals surface area contributed by atoms with Crippen molar-refractivity contribution in [2.75, 3.05) is 82.4 Å². The molecule has 14 heteroatoms. The summed E-state index contributed by atoms with van der Waals surface area (Å²) < 4.78 is 36.5. The number of nitrogens with zero attached hydrogens (tertiary/aromatic N) is 6. The normalized spacial score (nSPS) is 15.6. The number of ether oxygens (including phenoxy) is 1. The van der Waals surface area contributed by atoms with Crippen LogP contribution < -0.4 is 14.5 Å². The molecule has 0 bridgehead atoms. The van der Waals surface area contributed by atoms with Crippen LogP contribution in [-0.2, 0) is 38.3 Å². The van der Waals surface area contributed by atoms with Gasteiger partial charge in [0.1, 0.15) is 11.8 Å². The first-order chi connectivity index (χ1) is 31.5. The second-order valence-corrected chi connectivity index (χ2v) is 23.7. The standard InChI is InChI=1S/C52H68F2N6O5Si/c1-40(61)57-31-33-58(34-32-57)46-22-15-44(16-23-46)39-60(49(62)26-19-41-17-24-47(25-18-41)65-51(53)54)48(37-42-11-9-8-10-12-42)50(63)59-29-27-56(28-30-59)38-43-13-20-45(21-14-43)55(5)35-36-64-66(6,7)52(2,3)4/h8-26,48,51H,27-39H2,1-7H3/b26-19-/t48-/m0/s1. The Bertz CT molecular complexity index is 2210. The molecule has 2 saturated heterocycles. The molecule has 0 radical (unpaired) electrons. The smallest absolute Gasteiger partial charge is 0.387 e. The zero-order chi connectivity index (χ0) is 47.4. The number of halogens is 2. The number of benzene rings is 4. The summed E-state index contributed by atoms with van der Waals surface area (Å²) in [6.07, 6.45) is 3.39. The Morgan fingerprint density at radius 2 is 1.36 bits per heavy atom. The SMILES string of the molecule is CC(=O)N1CCN(c2ccc(CN(C(=O)/C=C\c3ccc(OC(F)F)cc3)[C@@H](Cc3ccccc3)C(=O)N3CCN(Cc4ccc(N(C)CCO[Si](C)(C)C(C)(C)C)cc4)CC3)cc2)CC1. The van der Waals surface area contributed by atoms with E-state index in [1.165, 1.54) is 23.8 Å². The van der Waals surface area contributed by atoms with E-state index < -0.39 is 21.0 Å². The van der Waals surface area contributed by atoms with Crippen molar-refractivity contribution in [3.63, 3.8) is 0 Å². The molecule has 0 unspecified atom stereocenters. The van der Waals surface area contributed by atoms with Crippen LogP contribution in [0.25, 0.3) is 6.08 Å². The molecule has 0 aromatic heterocycles. The van der Waals surface area contributed by atoms with E-state index in [9.17, 15) is 23.2 Å². The fraction of sp³-hybridized carbons (Fsp3) is 0.442. The van der Waals surface area contributed by atoms with Gasteiger partial charge in [-0.05, 0) is 82.9 Å². The van der Waals surface area contributed by atoms with Crippen LogP contribution in [0.3, 0.4) is 0 Å². The van der Waals surface area contributed by atoms with Crippen molar-refractivity contribution >= 4 is 43.5 Å². The molecule has 3 amide bonds. The zero-order valence-corrected chi connectivity index (χ0v) is 40.8. The highest BCUT2D eigenvalue weighted by atomic mass is 28.4. The number of carbonyl (C=O) groups excluding carboxylic acids is 3. The molecule has 66 heavy (non-hydrogen) atoms.